The standard InChI is InChI=1S/C13H10BrCl2NO/c14-9-1-4-13(12(17)6-9)18-7-8-5-10(15)2-3-11(8)16/h1-6H,7,17H2. The Kier molecular flexibility index (Phi) is 4.38. The Morgan fingerprint density at radius 1 is 1.11 bits per heavy atom. The van der Waals surface area contributed by atoms with Crippen molar-refractivity contribution in [1.29, 1.82) is 0 Å². The average molecular weight is 347 g/mol. The Balaban J connectivity index is 2.13. The van der Waals surface area contributed by atoms with Gasteiger partial charge in [-0.1, -0.05) is 39.1 Å². The monoisotopic (exact) mass is 345 g/mol. The van der Waals surface area contributed by atoms with Crippen LogP contribution in [0.5, 0.6) is 5.75 Å². The number of benzene rings is 2. The second-order valence-corrected chi connectivity index (χ2v) is 5.47. The summed E-state index contributed by atoms with van der Waals surface area (Å²) < 4.78 is 6.54. The molecule has 0 saturated heterocycles. The summed E-state index contributed by atoms with van der Waals surface area (Å²) in [5, 5.41) is 1.25. The molecule has 0 saturated carbocycles. The molecule has 0 aliphatic rings. The predicted octanol–water partition coefficient (Wildman–Crippen LogP) is 4.92. The lowest BCUT2D eigenvalue weighted by atomic mass is 10.2. The molecule has 5 heteroatoms. The fourth-order valence-electron chi connectivity index (χ4n) is 1.46. The van der Waals surface area contributed by atoms with Gasteiger partial charge in [0, 0.05) is 20.1 Å². The number of rotatable bonds is 3. The highest BCUT2D eigenvalue weighted by Gasteiger charge is 2.05. The molecule has 94 valence electrons. The highest BCUT2D eigenvalue weighted by molar-refractivity contribution is 9.10. The fraction of sp³-hybridized carbons (Fsp3) is 0.0769. The highest BCUT2D eigenvalue weighted by Crippen LogP contribution is 2.27. The van der Waals surface area contributed by atoms with E-state index in [0.717, 1.165) is 10.0 Å². The van der Waals surface area contributed by atoms with Crippen LogP contribution in [0.1, 0.15) is 5.56 Å². The third kappa shape index (κ3) is 3.31. The maximum Gasteiger partial charge on any atom is 0.142 e. The SMILES string of the molecule is Nc1cc(Br)ccc1OCc1cc(Cl)ccc1Cl. The molecule has 0 amide bonds. The zero-order valence-electron chi connectivity index (χ0n) is 9.29. The van der Waals surface area contributed by atoms with E-state index >= 15 is 0 Å². The van der Waals surface area contributed by atoms with E-state index < -0.39 is 0 Å². The van der Waals surface area contributed by atoms with Gasteiger partial charge < -0.3 is 10.5 Å². The Labute approximate surface area is 124 Å². The van der Waals surface area contributed by atoms with Gasteiger partial charge in [0.2, 0.25) is 0 Å². The van der Waals surface area contributed by atoms with Gasteiger partial charge in [0.15, 0.2) is 0 Å². The van der Waals surface area contributed by atoms with Crippen LogP contribution in [-0.2, 0) is 6.61 Å². The highest BCUT2D eigenvalue weighted by atomic mass is 79.9. The third-order valence-electron chi connectivity index (χ3n) is 2.36. The van der Waals surface area contributed by atoms with E-state index in [1.165, 1.54) is 0 Å². The number of hydrogen-bond donors (Lipinski definition) is 1. The molecule has 0 spiro atoms. The van der Waals surface area contributed by atoms with Gasteiger partial charge in [-0.15, -0.1) is 0 Å². The lowest BCUT2D eigenvalue weighted by Crippen LogP contribution is -1.99. The predicted molar refractivity (Wildman–Crippen MR) is 79.3 cm³/mol. The fourth-order valence-corrected chi connectivity index (χ4v) is 2.21. The van der Waals surface area contributed by atoms with E-state index in [4.69, 9.17) is 33.7 Å². The minimum atomic E-state index is 0.325. The number of nitrogen functional groups attached to an aromatic ring is 1. The molecule has 18 heavy (non-hydrogen) atoms. The lowest BCUT2D eigenvalue weighted by Gasteiger charge is -2.10. The molecule has 2 nitrogen and oxygen atoms in total. The van der Waals surface area contributed by atoms with Gasteiger partial charge in [0.1, 0.15) is 12.4 Å². The van der Waals surface area contributed by atoms with E-state index in [1.54, 1.807) is 30.3 Å². The maximum absolute atomic E-state index is 6.05. The quantitative estimate of drug-likeness (QED) is 0.801. The zero-order chi connectivity index (χ0) is 13.1. The lowest BCUT2D eigenvalue weighted by molar-refractivity contribution is 0.308. The van der Waals surface area contributed by atoms with Gasteiger partial charge in [-0.2, -0.15) is 0 Å². The first-order valence-electron chi connectivity index (χ1n) is 5.18. The van der Waals surface area contributed by atoms with Crippen molar-refractivity contribution in [2.24, 2.45) is 0 Å². The minimum absolute atomic E-state index is 0.325. The molecule has 0 aliphatic heterocycles. The number of ether oxygens (including phenoxy) is 1. The molecule has 0 fully saturated rings. The van der Waals surface area contributed by atoms with Crippen molar-refractivity contribution in [3.63, 3.8) is 0 Å². The number of hydrogen-bond acceptors (Lipinski definition) is 2. The van der Waals surface area contributed by atoms with E-state index in [1.807, 2.05) is 6.07 Å². The molecule has 0 unspecified atom stereocenters. The zero-order valence-corrected chi connectivity index (χ0v) is 12.4. The Morgan fingerprint density at radius 3 is 2.61 bits per heavy atom. The molecular formula is C13H10BrCl2NO. The van der Waals surface area contributed by atoms with Crippen LogP contribution in [0, 0.1) is 0 Å². The summed E-state index contributed by atoms with van der Waals surface area (Å²) in [6.07, 6.45) is 0. The summed E-state index contributed by atoms with van der Waals surface area (Å²) in [5.41, 5.74) is 7.24. The van der Waals surface area contributed by atoms with Gasteiger partial charge in [-0.25, -0.2) is 0 Å². The Morgan fingerprint density at radius 2 is 1.89 bits per heavy atom. The van der Waals surface area contributed by atoms with E-state index in [0.29, 0.717) is 28.1 Å². The molecule has 0 atom stereocenters. The van der Waals surface area contributed by atoms with Crippen molar-refractivity contribution in [3.05, 3.63) is 56.5 Å². The van der Waals surface area contributed by atoms with Gasteiger partial charge in [-0.05, 0) is 36.4 Å². The van der Waals surface area contributed by atoms with E-state index in [-0.39, 0.29) is 0 Å². The molecule has 0 aromatic heterocycles. The van der Waals surface area contributed by atoms with Gasteiger partial charge >= 0.3 is 0 Å². The van der Waals surface area contributed by atoms with Gasteiger partial charge in [-0.3, -0.25) is 0 Å². The number of anilines is 1. The molecule has 0 aliphatic carbocycles. The Bertz CT molecular complexity index is 575. The van der Waals surface area contributed by atoms with Crippen LogP contribution in [0.2, 0.25) is 10.0 Å². The molecule has 0 heterocycles. The van der Waals surface area contributed by atoms with Crippen molar-refractivity contribution in [2.75, 3.05) is 5.73 Å². The molecular weight excluding hydrogens is 337 g/mol. The summed E-state index contributed by atoms with van der Waals surface area (Å²) in [5.74, 6) is 0.620. The van der Waals surface area contributed by atoms with Crippen molar-refractivity contribution in [2.45, 2.75) is 6.61 Å². The first kappa shape index (κ1) is 13.5. The van der Waals surface area contributed by atoms with E-state index in [2.05, 4.69) is 15.9 Å². The van der Waals surface area contributed by atoms with Crippen LogP contribution in [0.15, 0.2) is 40.9 Å². The van der Waals surface area contributed by atoms with Crippen molar-refractivity contribution in [1.82, 2.24) is 0 Å². The number of halogens is 3. The van der Waals surface area contributed by atoms with Crippen LogP contribution >= 0.6 is 39.1 Å². The average Bonchev–Trinajstić information content (AvgIpc) is 2.32. The summed E-state index contributed by atoms with van der Waals surface area (Å²) in [6, 6.07) is 10.7. The largest absolute Gasteiger partial charge is 0.487 e. The van der Waals surface area contributed by atoms with Gasteiger partial charge in [0.25, 0.3) is 0 Å². The summed E-state index contributed by atoms with van der Waals surface area (Å²) in [6.45, 7) is 0.325. The summed E-state index contributed by atoms with van der Waals surface area (Å²) in [7, 11) is 0. The van der Waals surface area contributed by atoms with Gasteiger partial charge in [0.05, 0.1) is 5.69 Å². The smallest absolute Gasteiger partial charge is 0.142 e. The van der Waals surface area contributed by atoms with Crippen molar-refractivity contribution >= 4 is 44.8 Å². The summed E-state index contributed by atoms with van der Waals surface area (Å²) in [4.78, 5) is 0. The topological polar surface area (TPSA) is 35.2 Å². The molecule has 2 aromatic rings. The minimum Gasteiger partial charge on any atom is -0.487 e. The second-order valence-electron chi connectivity index (χ2n) is 3.71. The van der Waals surface area contributed by atoms with E-state index in [9.17, 15) is 0 Å². The molecule has 2 aromatic carbocycles. The second kappa shape index (κ2) is 5.83. The maximum atomic E-state index is 6.05. The van der Waals surface area contributed by atoms with Crippen molar-refractivity contribution in [3.8, 4) is 5.75 Å². The van der Waals surface area contributed by atoms with Crippen LogP contribution < -0.4 is 10.5 Å². The van der Waals surface area contributed by atoms with Crippen LogP contribution in [-0.4, -0.2) is 0 Å². The normalized spacial score (nSPS) is 10.4. The Hall–Kier alpha value is -0.900. The first-order chi connectivity index (χ1) is 8.56. The molecule has 2 rings (SSSR count). The molecule has 0 radical (unpaired) electrons. The van der Waals surface area contributed by atoms with Crippen LogP contribution in [0.25, 0.3) is 0 Å². The van der Waals surface area contributed by atoms with Crippen molar-refractivity contribution < 1.29 is 4.74 Å². The van der Waals surface area contributed by atoms with Crippen LogP contribution in [0.3, 0.4) is 0 Å². The summed E-state index contributed by atoms with van der Waals surface area (Å²) >= 11 is 15.3. The molecule has 2 N–H and O–H groups in total. The van der Waals surface area contributed by atoms with Crippen LogP contribution in [0.4, 0.5) is 5.69 Å². The molecule has 0 bridgehead atoms. The third-order valence-corrected chi connectivity index (χ3v) is 3.46. The number of nitrogens with two attached hydrogens (primary N) is 1. The first-order valence-corrected chi connectivity index (χ1v) is 6.73.